The van der Waals surface area contributed by atoms with Crippen LogP contribution < -0.4 is 5.32 Å². The Bertz CT molecular complexity index is 385. The summed E-state index contributed by atoms with van der Waals surface area (Å²) in [6, 6.07) is 6.36. The molecule has 0 amide bonds. The zero-order valence-electron chi connectivity index (χ0n) is 9.46. The molecular formula is C12H15FN2O. The Hall–Kier alpha value is -1.60. The smallest absolute Gasteiger partial charge is 0.143 e. The van der Waals surface area contributed by atoms with Gasteiger partial charge in [-0.2, -0.15) is 5.26 Å². The molecule has 1 aromatic carbocycles. The van der Waals surface area contributed by atoms with Crippen molar-refractivity contribution in [3.05, 3.63) is 29.6 Å². The minimum Gasteiger partial charge on any atom is -0.382 e. The Kier molecular flexibility index (Phi) is 4.74. The number of rotatable bonds is 5. The molecule has 0 heterocycles. The maximum atomic E-state index is 13.2. The highest BCUT2D eigenvalue weighted by atomic mass is 19.1. The van der Waals surface area contributed by atoms with Crippen LogP contribution in [0.4, 0.5) is 10.1 Å². The fourth-order valence-corrected chi connectivity index (χ4v) is 1.27. The summed E-state index contributed by atoms with van der Waals surface area (Å²) in [6.45, 7) is 4.97. The molecule has 4 heteroatoms. The molecule has 1 aromatic rings. The van der Waals surface area contributed by atoms with Crippen molar-refractivity contribution in [2.75, 3.05) is 18.5 Å². The van der Waals surface area contributed by atoms with Crippen LogP contribution in [0.1, 0.15) is 19.4 Å². The summed E-state index contributed by atoms with van der Waals surface area (Å²) in [7, 11) is 0. The van der Waals surface area contributed by atoms with Crippen LogP contribution in [0.3, 0.4) is 0 Å². The van der Waals surface area contributed by atoms with Gasteiger partial charge in [0.05, 0.1) is 18.4 Å². The van der Waals surface area contributed by atoms with Crippen LogP contribution in [-0.4, -0.2) is 19.3 Å². The molecule has 0 aromatic heterocycles. The van der Waals surface area contributed by atoms with Crippen LogP contribution in [0, 0.1) is 17.1 Å². The normalized spacial score (nSPS) is 10.2. The van der Waals surface area contributed by atoms with Crippen molar-refractivity contribution in [2.45, 2.75) is 20.0 Å². The molecule has 3 nitrogen and oxygen atoms in total. The number of hydrogen-bond acceptors (Lipinski definition) is 3. The molecule has 0 unspecified atom stereocenters. The van der Waals surface area contributed by atoms with Gasteiger partial charge in [-0.1, -0.05) is 6.07 Å². The second-order valence-corrected chi connectivity index (χ2v) is 3.62. The predicted molar refractivity (Wildman–Crippen MR) is 60.7 cm³/mol. The van der Waals surface area contributed by atoms with Crippen molar-refractivity contribution in [2.24, 2.45) is 0 Å². The Labute approximate surface area is 94.8 Å². The fraction of sp³-hybridized carbons (Fsp3) is 0.417. The van der Waals surface area contributed by atoms with Crippen LogP contribution in [0.5, 0.6) is 0 Å². The lowest BCUT2D eigenvalue weighted by molar-refractivity contribution is 0.0870. The fourth-order valence-electron chi connectivity index (χ4n) is 1.27. The summed E-state index contributed by atoms with van der Waals surface area (Å²) in [5, 5.41) is 11.8. The number of anilines is 1. The summed E-state index contributed by atoms with van der Waals surface area (Å²) in [5.41, 5.74) is 0.557. The van der Waals surface area contributed by atoms with Crippen molar-refractivity contribution >= 4 is 5.69 Å². The number of halogens is 1. The van der Waals surface area contributed by atoms with Crippen molar-refractivity contribution < 1.29 is 9.13 Å². The van der Waals surface area contributed by atoms with Gasteiger partial charge in [0.25, 0.3) is 0 Å². The topological polar surface area (TPSA) is 45.0 Å². The van der Waals surface area contributed by atoms with E-state index in [-0.39, 0.29) is 11.7 Å². The summed E-state index contributed by atoms with van der Waals surface area (Å²) in [4.78, 5) is 0. The van der Waals surface area contributed by atoms with E-state index in [1.165, 1.54) is 6.07 Å². The van der Waals surface area contributed by atoms with Crippen molar-refractivity contribution in [3.8, 4) is 6.07 Å². The first kappa shape index (κ1) is 12.5. The molecule has 0 atom stereocenters. The molecule has 0 bridgehead atoms. The van der Waals surface area contributed by atoms with Crippen LogP contribution in [0.2, 0.25) is 0 Å². The Morgan fingerprint density at radius 1 is 1.50 bits per heavy atom. The number of nitrogens with one attached hydrogen (secondary N) is 1. The van der Waals surface area contributed by atoms with Crippen LogP contribution in [-0.2, 0) is 4.74 Å². The molecule has 1 rings (SSSR count). The van der Waals surface area contributed by atoms with Gasteiger partial charge in [-0.05, 0) is 26.0 Å². The van der Waals surface area contributed by atoms with E-state index < -0.39 is 5.82 Å². The molecule has 0 aliphatic carbocycles. The van der Waals surface area contributed by atoms with E-state index in [4.69, 9.17) is 10.00 Å². The van der Waals surface area contributed by atoms with Crippen molar-refractivity contribution in [1.82, 2.24) is 0 Å². The number of hydrogen-bond donors (Lipinski definition) is 1. The maximum Gasteiger partial charge on any atom is 0.143 e. The lowest BCUT2D eigenvalue weighted by Crippen LogP contribution is -2.14. The molecule has 1 N–H and O–H groups in total. The first-order valence-corrected chi connectivity index (χ1v) is 5.19. The summed E-state index contributed by atoms with van der Waals surface area (Å²) in [5.74, 6) is -0.503. The SMILES string of the molecule is CC(C)OCCNc1cccc(F)c1C#N. The molecule has 0 aliphatic heterocycles. The average molecular weight is 222 g/mol. The van der Waals surface area contributed by atoms with Gasteiger partial charge in [0.15, 0.2) is 0 Å². The maximum absolute atomic E-state index is 13.2. The quantitative estimate of drug-likeness (QED) is 0.779. The largest absolute Gasteiger partial charge is 0.382 e. The second kappa shape index (κ2) is 6.09. The molecule has 16 heavy (non-hydrogen) atoms. The molecule has 0 saturated heterocycles. The van der Waals surface area contributed by atoms with E-state index >= 15 is 0 Å². The molecule has 0 radical (unpaired) electrons. The van der Waals surface area contributed by atoms with Crippen LogP contribution in [0.25, 0.3) is 0 Å². The first-order chi connectivity index (χ1) is 7.65. The van der Waals surface area contributed by atoms with Crippen LogP contribution in [0.15, 0.2) is 18.2 Å². The third-order valence-electron chi connectivity index (χ3n) is 1.99. The Balaban J connectivity index is 2.54. The van der Waals surface area contributed by atoms with Gasteiger partial charge in [-0.3, -0.25) is 0 Å². The van der Waals surface area contributed by atoms with E-state index in [0.29, 0.717) is 18.8 Å². The summed E-state index contributed by atoms with van der Waals surface area (Å²) >= 11 is 0. The Morgan fingerprint density at radius 3 is 2.88 bits per heavy atom. The second-order valence-electron chi connectivity index (χ2n) is 3.62. The zero-order valence-corrected chi connectivity index (χ0v) is 9.46. The summed E-state index contributed by atoms with van der Waals surface area (Å²) in [6.07, 6.45) is 0.171. The predicted octanol–water partition coefficient (Wildman–Crippen LogP) is 2.53. The molecule has 0 fully saturated rings. The highest BCUT2D eigenvalue weighted by molar-refractivity contribution is 5.57. The monoisotopic (exact) mass is 222 g/mol. The lowest BCUT2D eigenvalue weighted by atomic mass is 10.2. The van der Waals surface area contributed by atoms with Gasteiger partial charge in [0.2, 0.25) is 0 Å². The van der Waals surface area contributed by atoms with Gasteiger partial charge in [0, 0.05) is 6.54 Å². The molecule has 0 saturated carbocycles. The average Bonchev–Trinajstić information content (AvgIpc) is 2.24. The van der Waals surface area contributed by atoms with E-state index in [2.05, 4.69) is 5.32 Å². The minimum atomic E-state index is -0.503. The van der Waals surface area contributed by atoms with Gasteiger partial charge < -0.3 is 10.1 Å². The number of nitriles is 1. The molecule has 86 valence electrons. The van der Waals surface area contributed by atoms with E-state index in [9.17, 15) is 4.39 Å². The van der Waals surface area contributed by atoms with Gasteiger partial charge in [-0.25, -0.2) is 4.39 Å². The lowest BCUT2D eigenvalue weighted by Gasteiger charge is -2.10. The third kappa shape index (κ3) is 3.52. The summed E-state index contributed by atoms with van der Waals surface area (Å²) < 4.78 is 18.5. The first-order valence-electron chi connectivity index (χ1n) is 5.19. The zero-order chi connectivity index (χ0) is 12.0. The van der Waals surface area contributed by atoms with E-state index in [1.807, 2.05) is 19.9 Å². The highest BCUT2D eigenvalue weighted by Gasteiger charge is 2.06. The third-order valence-corrected chi connectivity index (χ3v) is 1.99. The molecular weight excluding hydrogens is 207 g/mol. The van der Waals surface area contributed by atoms with Gasteiger partial charge in [-0.15, -0.1) is 0 Å². The number of nitrogens with zero attached hydrogens (tertiary/aromatic N) is 1. The van der Waals surface area contributed by atoms with E-state index in [0.717, 1.165) is 0 Å². The molecule has 0 aliphatic rings. The Morgan fingerprint density at radius 2 is 2.25 bits per heavy atom. The standard InChI is InChI=1S/C12H15FN2O/c1-9(2)16-7-6-15-12-5-3-4-11(13)10(12)8-14/h3-5,9,15H,6-7H2,1-2H3. The van der Waals surface area contributed by atoms with E-state index in [1.54, 1.807) is 12.1 Å². The van der Waals surface area contributed by atoms with Crippen molar-refractivity contribution in [3.63, 3.8) is 0 Å². The van der Waals surface area contributed by atoms with Crippen LogP contribution >= 0.6 is 0 Å². The highest BCUT2D eigenvalue weighted by Crippen LogP contribution is 2.17. The number of benzene rings is 1. The minimum absolute atomic E-state index is 0.0482. The number of ether oxygens (including phenoxy) is 1. The van der Waals surface area contributed by atoms with Gasteiger partial charge >= 0.3 is 0 Å². The van der Waals surface area contributed by atoms with Crippen molar-refractivity contribution in [1.29, 1.82) is 5.26 Å². The molecule has 0 spiro atoms. The van der Waals surface area contributed by atoms with Gasteiger partial charge in [0.1, 0.15) is 17.4 Å².